The molecule has 1 rings (SSSR count). The number of hydrogen-bond donors (Lipinski definition) is 0. The fourth-order valence-corrected chi connectivity index (χ4v) is 1.42. The zero-order valence-electron chi connectivity index (χ0n) is 10.9. The van der Waals surface area contributed by atoms with E-state index in [0.717, 1.165) is 19.6 Å². The van der Waals surface area contributed by atoms with Gasteiger partial charge in [-0.15, -0.1) is 0 Å². The Hall–Kier alpha value is -0.770. The van der Waals surface area contributed by atoms with Crippen LogP contribution in [0.5, 0.6) is 0 Å². The van der Waals surface area contributed by atoms with E-state index < -0.39 is 0 Å². The van der Waals surface area contributed by atoms with Crippen LogP contribution in [0.2, 0.25) is 0 Å². The van der Waals surface area contributed by atoms with Crippen molar-refractivity contribution in [1.82, 2.24) is 0 Å². The Labute approximate surface area is 110 Å². The van der Waals surface area contributed by atoms with E-state index >= 15 is 0 Å². The number of ether oxygens (including phenoxy) is 2. The van der Waals surface area contributed by atoms with E-state index in [4.69, 9.17) is 21.7 Å². The zero-order valence-corrected chi connectivity index (χ0v) is 11.7. The van der Waals surface area contributed by atoms with Crippen molar-refractivity contribution in [2.75, 3.05) is 13.2 Å². The van der Waals surface area contributed by atoms with Crippen LogP contribution in [-0.4, -0.2) is 24.9 Å². The monoisotopic (exact) mass is 254 g/mol. The second kappa shape index (κ2) is 11.7. The Morgan fingerprint density at radius 2 is 1.65 bits per heavy atom. The van der Waals surface area contributed by atoms with Crippen LogP contribution in [0.4, 0.5) is 0 Å². The van der Waals surface area contributed by atoms with Gasteiger partial charge in [-0.05, 0) is 31.7 Å². The molecule has 0 fully saturated rings. The molecule has 0 radical (unpaired) electrons. The third-order valence-electron chi connectivity index (χ3n) is 1.96. The first kappa shape index (κ1) is 16.2. The summed E-state index contributed by atoms with van der Waals surface area (Å²) in [5, 5.41) is 1.75. The standard InChI is InChI=1S/C8H8S.C6H14O2/c9-7-6-8-4-2-1-3-5-8;1-4-7-6(3)8-5-2/h1-5,7H,6H2;6H,4-5H2,1-3H3. The first-order chi connectivity index (χ1) is 8.24. The molecule has 0 aliphatic rings. The van der Waals surface area contributed by atoms with Gasteiger partial charge in [-0.1, -0.05) is 42.5 Å². The van der Waals surface area contributed by atoms with Crippen LogP contribution < -0.4 is 0 Å². The van der Waals surface area contributed by atoms with Crippen LogP contribution in [0.3, 0.4) is 0 Å². The predicted molar refractivity (Wildman–Crippen MR) is 76.5 cm³/mol. The lowest BCUT2D eigenvalue weighted by Crippen LogP contribution is -2.11. The minimum atomic E-state index is -0.0370. The molecule has 2 nitrogen and oxygen atoms in total. The Kier molecular flexibility index (Phi) is 11.2. The molecule has 0 aliphatic carbocycles. The Bertz CT molecular complexity index is 269. The van der Waals surface area contributed by atoms with Gasteiger partial charge in [-0.3, -0.25) is 0 Å². The summed E-state index contributed by atoms with van der Waals surface area (Å²) in [6.07, 6.45) is 0.862. The van der Waals surface area contributed by atoms with Crippen LogP contribution in [0.25, 0.3) is 0 Å². The zero-order chi connectivity index (χ0) is 12.9. The minimum absolute atomic E-state index is 0.0370. The van der Waals surface area contributed by atoms with E-state index in [9.17, 15) is 0 Å². The third-order valence-corrected chi connectivity index (χ3v) is 2.13. The molecule has 17 heavy (non-hydrogen) atoms. The third kappa shape index (κ3) is 10.1. The number of thiocarbonyl (C=S) groups is 1. The summed E-state index contributed by atoms with van der Waals surface area (Å²) >= 11 is 4.71. The van der Waals surface area contributed by atoms with Crippen LogP contribution >= 0.6 is 12.2 Å². The maximum absolute atomic E-state index is 5.06. The Morgan fingerprint density at radius 1 is 1.12 bits per heavy atom. The van der Waals surface area contributed by atoms with Crippen LogP contribution in [-0.2, 0) is 15.9 Å². The average molecular weight is 254 g/mol. The second-order valence-corrected chi connectivity index (χ2v) is 3.67. The summed E-state index contributed by atoms with van der Waals surface area (Å²) in [4.78, 5) is 0. The molecule has 0 unspecified atom stereocenters. The highest BCUT2D eigenvalue weighted by molar-refractivity contribution is 7.78. The van der Waals surface area contributed by atoms with Crippen molar-refractivity contribution in [3.05, 3.63) is 35.9 Å². The highest BCUT2D eigenvalue weighted by Gasteiger charge is 1.94. The molecule has 0 atom stereocenters. The van der Waals surface area contributed by atoms with Crippen molar-refractivity contribution in [1.29, 1.82) is 0 Å². The first-order valence-electron chi connectivity index (χ1n) is 5.95. The Balaban J connectivity index is 0.000000304. The summed E-state index contributed by atoms with van der Waals surface area (Å²) in [5.41, 5.74) is 1.28. The highest BCUT2D eigenvalue weighted by Crippen LogP contribution is 1.96. The molecule has 0 aliphatic heterocycles. The van der Waals surface area contributed by atoms with Gasteiger partial charge in [0.25, 0.3) is 0 Å². The number of rotatable bonds is 6. The van der Waals surface area contributed by atoms with E-state index in [-0.39, 0.29) is 6.29 Å². The van der Waals surface area contributed by atoms with E-state index in [1.165, 1.54) is 5.56 Å². The minimum Gasteiger partial charge on any atom is -0.353 e. The molecule has 0 saturated carbocycles. The van der Waals surface area contributed by atoms with Gasteiger partial charge in [0.15, 0.2) is 6.29 Å². The van der Waals surface area contributed by atoms with Crippen LogP contribution in [0.15, 0.2) is 30.3 Å². The fraction of sp³-hybridized carbons (Fsp3) is 0.500. The first-order valence-corrected chi connectivity index (χ1v) is 6.42. The van der Waals surface area contributed by atoms with Gasteiger partial charge in [-0.2, -0.15) is 0 Å². The maximum atomic E-state index is 5.06. The molecule has 0 amide bonds. The van der Waals surface area contributed by atoms with Crippen molar-refractivity contribution in [3.63, 3.8) is 0 Å². The molecule has 96 valence electrons. The molecule has 3 heteroatoms. The number of benzene rings is 1. The van der Waals surface area contributed by atoms with Gasteiger partial charge in [-0.25, -0.2) is 0 Å². The predicted octanol–water partition coefficient (Wildman–Crippen LogP) is 3.63. The molecule has 0 saturated heterocycles. The smallest absolute Gasteiger partial charge is 0.154 e. The van der Waals surface area contributed by atoms with Crippen LogP contribution in [0.1, 0.15) is 26.3 Å². The van der Waals surface area contributed by atoms with Crippen molar-refractivity contribution in [2.24, 2.45) is 0 Å². The van der Waals surface area contributed by atoms with Gasteiger partial charge in [0, 0.05) is 19.6 Å². The van der Waals surface area contributed by atoms with Gasteiger partial charge in [0.1, 0.15) is 0 Å². The molecule has 0 heterocycles. The largest absolute Gasteiger partial charge is 0.353 e. The average Bonchev–Trinajstić information content (AvgIpc) is 2.32. The molecule has 0 spiro atoms. The van der Waals surface area contributed by atoms with Gasteiger partial charge in [0.05, 0.1) is 0 Å². The molecular weight excluding hydrogens is 232 g/mol. The molecule has 0 bridgehead atoms. The summed E-state index contributed by atoms with van der Waals surface area (Å²) in [7, 11) is 0. The van der Waals surface area contributed by atoms with E-state index in [1.54, 1.807) is 5.37 Å². The van der Waals surface area contributed by atoms with E-state index in [2.05, 4.69) is 12.1 Å². The van der Waals surface area contributed by atoms with Gasteiger partial charge < -0.3 is 9.47 Å². The SMILES string of the molecule is CCOC(C)OCC.S=CCc1ccccc1. The van der Waals surface area contributed by atoms with Crippen molar-refractivity contribution >= 4 is 17.6 Å². The Morgan fingerprint density at radius 3 is 2.06 bits per heavy atom. The normalized spacial score (nSPS) is 9.65. The lowest BCUT2D eigenvalue weighted by Gasteiger charge is -2.09. The highest BCUT2D eigenvalue weighted by atomic mass is 32.1. The van der Waals surface area contributed by atoms with Crippen LogP contribution in [0, 0.1) is 0 Å². The quantitative estimate of drug-likeness (QED) is 0.570. The van der Waals surface area contributed by atoms with E-state index in [1.807, 2.05) is 39.0 Å². The lowest BCUT2D eigenvalue weighted by molar-refractivity contribution is -0.123. The van der Waals surface area contributed by atoms with E-state index in [0.29, 0.717) is 0 Å². The summed E-state index contributed by atoms with van der Waals surface area (Å²) < 4.78 is 10.1. The summed E-state index contributed by atoms with van der Waals surface area (Å²) in [6.45, 7) is 7.25. The van der Waals surface area contributed by atoms with Crippen molar-refractivity contribution in [3.8, 4) is 0 Å². The van der Waals surface area contributed by atoms with Crippen molar-refractivity contribution < 1.29 is 9.47 Å². The summed E-state index contributed by atoms with van der Waals surface area (Å²) in [6, 6.07) is 10.2. The lowest BCUT2D eigenvalue weighted by atomic mass is 10.2. The fourth-order valence-electron chi connectivity index (χ4n) is 1.23. The number of hydrogen-bond acceptors (Lipinski definition) is 3. The topological polar surface area (TPSA) is 18.5 Å². The van der Waals surface area contributed by atoms with Crippen molar-refractivity contribution in [2.45, 2.75) is 33.5 Å². The van der Waals surface area contributed by atoms with Gasteiger partial charge in [0.2, 0.25) is 0 Å². The van der Waals surface area contributed by atoms with Gasteiger partial charge >= 0.3 is 0 Å². The molecular formula is C14H22O2S. The molecule has 1 aromatic carbocycles. The second-order valence-electron chi connectivity index (χ2n) is 3.33. The molecule has 1 aromatic rings. The molecule has 0 aromatic heterocycles. The molecule has 0 N–H and O–H groups in total. The summed E-state index contributed by atoms with van der Waals surface area (Å²) in [5.74, 6) is 0. The maximum Gasteiger partial charge on any atom is 0.154 e.